The number of amides is 2. The van der Waals surface area contributed by atoms with Crippen LogP contribution < -0.4 is 5.32 Å². The molecular formula is C14H17N3O4. The van der Waals surface area contributed by atoms with Gasteiger partial charge in [0.25, 0.3) is 5.91 Å². The molecule has 1 aliphatic rings. The molecule has 112 valence electrons. The molecule has 0 unspecified atom stereocenters. The molecule has 0 aliphatic carbocycles. The van der Waals surface area contributed by atoms with Crippen LogP contribution in [0.3, 0.4) is 0 Å². The van der Waals surface area contributed by atoms with Crippen molar-refractivity contribution in [1.82, 2.24) is 15.2 Å². The molecule has 1 saturated heterocycles. The maximum absolute atomic E-state index is 11.9. The summed E-state index contributed by atoms with van der Waals surface area (Å²) in [4.78, 5) is 39.9. The normalized spacial score (nSPS) is 14.0. The fraction of sp³-hybridized carbons (Fsp3) is 0.429. The fourth-order valence-corrected chi connectivity index (χ4v) is 2.20. The van der Waals surface area contributed by atoms with E-state index >= 15 is 0 Å². The van der Waals surface area contributed by atoms with Crippen LogP contribution in [0.4, 0.5) is 0 Å². The van der Waals surface area contributed by atoms with Crippen molar-refractivity contribution in [2.24, 2.45) is 0 Å². The second-order valence-electron chi connectivity index (χ2n) is 4.83. The largest absolute Gasteiger partial charge is 0.477 e. The molecular weight excluding hydrogens is 274 g/mol. The lowest BCUT2D eigenvalue weighted by Gasteiger charge is -2.15. The maximum Gasteiger partial charge on any atom is 0.354 e. The van der Waals surface area contributed by atoms with E-state index in [2.05, 4.69) is 10.3 Å². The monoisotopic (exact) mass is 291 g/mol. The first-order valence-corrected chi connectivity index (χ1v) is 6.83. The molecule has 1 fully saturated rings. The highest BCUT2D eigenvalue weighted by atomic mass is 16.4. The SMILES string of the molecule is O=C(NCCC(=O)N1CCCC1)c1ccnc(C(=O)O)c1. The summed E-state index contributed by atoms with van der Waals surface area (Å²) in [6.45, 7) is 1.82. The van der Waals surface area contributed by atoms with E-state index in [0.717, 1.165) is 25.9 Å². The molecule has 2 rings (SSSR count). The van der Waals surface area contributed by atoms with Gasteiger partial charge in [-0.1, -0.05) is 0 Å². The molecule has 7 heteroatoms. The molecule has 2 amide bonds. The molecule has 0 atom stereocenters. The number of carbonyl (C=O) groups excluding carboxylic acids is 2. The van der Waals surface area contributed by atoms with Gasteiger partial charge in [-0.3, -0.25) is 9.59 Å². The van der Waals surface area contributed by atoms with Gasteiger partial charge < -0.3 is 15.3 Å². The molecule has 0 radical (unpaired) electrons. The van der Waals surface area contributed by atoms with Gasteiger partial charge in [-0.05, 0) is 25.0 Å². The summed E-state index contributed by atoms with van der Waals surface area (Å²) in [5.74, 6) is -1.56. The Morgan fingerprint density at radius 1 is 1.29 bits per heavy atom. The van der Waals surface area contributed by atoms with E-state index in [0.29, 0.717) is 0 Å². The number of carboxylic acids is 1. The predicted molar refractivity (Wildman–Crippen MR) is 74.0 cm³/mol. The number of nitrogens with one attached hydrogen (secondary N) is 1. The van der Waals surface area contributed by atoms with Crippen molar-refractivity contribution in [1.29, 1.82) is 0 Å². The van der Waals surface area contributed by atoms with E-state index in [9.17, 15) is 14.4 Å². The van der Waals surface area contributed by atoms with Gasteiger partial charge in [-0.2, -0.15) is 0 Å². The first-order chi connectivity index (χ1) is 10.1. The standard InChI is InChI=1S/C14H17N3O4/c18-12(17-7-1-2-8-17)4-6-16-13(19)10-3-5-15-11(9-10)14(20)21/h3,5,9H,1-2,4,6-8H2,(H,16,19)(H,20,21). The van der Waals surface area contributed by atoms with Gasteiger partial charge in [0.05, 0.1) is 0 Å². The van der Waals surface area contributed by atoms with Crippen molar-refractivity contribution in [2.75, 3.05) is 19.6 Å². The van der Waals surface area contributed by atoms with Crippen molar-refractivity contribution < 1.29 is 19.5 Å². The highest BCUT2D eigenvalue weighted by Gasteiger charge is 2.17. The molecule has 0 spiro atoms. The number of pyridine rings is 1. The van der Waals surface area contributed by atoms with Crippen molar-refractivity contribution in [3.8, 4) is 0 Å². The van der Waals surface area contributed by atoms with Gasteiger partial charge in [-0.25, -0.2) is 9.78 Å². The Bertz CT molecular complexity index is 553. The minimum Gasteiger partial charge on any atom is -0.477 e. The third-order valence-electron chi connectivity index (χ3n) is 3.32. The smallest absolute Gasteiger partial charge is 0.354 e. The zero-order chi connectivity index (χ0) is 15.2. The first-order valence-electron chi connectivity index (χ1n) is 6.83. The van der Waals surface area contributed by atoms with Gasteiger partial charge in [0, 0.05) is 37.8 Å². The van der Waals surface area contributed by atoms with E-state index in [1.54, 1.807) is 4.90 Å². The molecule has 0 bridgehead atoms. The lowest BCUT2D eigenvalue weighted by molar-refractivity contribution is -0.129. The number of carboxylic acid groups (broad SMARTS) is 1. The van der Waals surface area contributed by atoms with Crippen LogP contribution in [0.5, 0.6) is 0 Å². The number of likely N-dealkylation sites (tertiary alicyclic amines) is 1. The minimum atomic E-state index is -1.19. The zero-order valence-electron chi connectivity index (χ0n) is 11.5. The van der Waals surface area contributed by atoms with Crippen LogP contribution in [-0.4, -0.2) is 52.4 Å². The third-order valence-corrected chi connectivity index (χ3v) is 3.32. The van der Waals surface area contributed by atoms with E-state index < -0.39 is 11.9 Å². The maximum atomic E-state index is 11.9. The number of rotatable bonds is 5. The number of aromatic carboxylic acids is 1. The molecule has 21 heavy (non-hydrogen) atoms. The Morgan fingerprint density at radius 2 is 2.00 bits per heavy atom. The number of carbonyl (C=O) groups is 3. The average Bonchev–Trinajstić information content (AvgIpc) is 3.01. The van der Waals surface area contributed by atoms with Crippen LogP contribution in [0, 0.1) is 0 Å². The van der Waals surface area contributed by atoms with Crippen molar-refractivity contribution in [2.45, 2.75) is 19.3 Å². The fourth-order valence-electron chi connectivity index (χ4n) is 2.20. The lowest BCUT2D eigenvalue weighted by Crippen LogP contribution is -2.32. The van der Waals surface area contributed by atoms with E-state index in [-0.39, 0.29) is 30.1 Å². The van der Waals surface area contributed by atoms with E-state index in [1.807, 2.05) is 0 Å². The molecule has 7 nitrogen and oxygen atoms in total. The van der Waals surface area contributed by atoms with E-state index in [1.165, 1.54) is 18.3 Å². The zero-order valence-corrected chi connectivity index (χ0v) is 11.5. The number of hydrogen-bond acceptors (Lipinski definition) is 4. The Labute approximate surface area is 122 Å². The van der Waals surface area contributed by atoms with Gasteiger partial charge in [-0.15, -0.1) is 0 Å². The molecule has 1 aromatic heterocycles. The first kappa shape index (κ1) is 15.0. The summed E-state index contributed by atoms with van der Waals surface area (Å²) in [5.41, 5.74) is 0.0341. The van der Waals surface area contributed by atoms with Crippen molar-refractivity contribution in [3.05, 3.63) is 29.6 Å². The predicted octanol–water partition coefficient (Wildman–Crippen LogP) is 0.522. The quantitative estimate of drug-likeness (QED) is 0.824. The number of hydrogen-bond donors (Lipinski definition) is 2. The number of aromatic nitrogens is 1. The van der Waals surface area contributed by atoms with Gasteiger partial charge >= 0.3 is 5.97 Å². The summed E-state index contributed by atoms with van der Waals surface area (Å²) < 4.78 is 0. The Balaban J connectivity index is 1.82. The molecule has 1 aliphatic heterocycles. The Morgan fingerprint density at radius 3 is 2.67 bits per heavy atom. The highest BCUT2D eigenvalue weighted by molar-refractivity contribution is 5.96. The summed E-state index contributed by atoms with van der Waals surface area (Å²) in [6.07, 6.45) is 3.59. The Hall–Kier alpha value is -2.44. The van der Waals surface area contributed by atoms with Crippen LogP contribution in [0.1, 0.15) is 40.1 Å². The summed E-state index contributed by atoms with van der Waals surface area (Å²) in [5, 5.41) is 11.4. The number of nitrogens with zero attached hydrogens (tertiary/aromatic N) is 2. The van der Waals surface area contributed by atoms with Crippen LogP contribution >= 0.6 is 0 Å². The minimum absolute atomic E-state index is 0.0359. The van der Waals surface area contributed by atoms with E-state index in [4.69, 9.17) is 5.11 Å². The van der Waals surface area contributed by atoms with Crippen molar-refractivity contribution >= 4 is 17.8 Å². The topological polar surface area (TPSA) is 99.6 Å². The van der Waals surface area contributed by atoms with Gasteiger partial charge in [0.15, 0.2) is 0 Å². The van der Waals surface area contributed by atoms with Crippen LogP contribution in [0.2, 0.25) is 0 Å². The summed E-state index contributed by atoms with van der Waals surface area (Å²) in [7, 11) is 0. The van der Waals surface area contributed by atoms with Crippen molar-refractivity contribution in [3.63, 3.8) is 0 Å². The average molecular weight is 291 g/mol. The summed E-state index contributed by atoms with van der Waals surface area (Å²) in [6, 6.07) is 2.64. The second kappa shape index (κ2) is 6.83. The third kappa shape index (κ3) is 4.01. The molecule has 2 heterocycles. The molecule has 0 aromatic carbocycles. The second-order valence-corrected chi connectivity index (χ2v) is 4.83. The Kier molecular flexibility index (Phi) is 4.86. The molecule has 1 aromatic rings. The molecule has 2 N–H and O–H groups in total. The van der Waals surface area contributed by atoms with Gasteiger partial charge in [0.2, 0.25) is 5.91 Å². The highest BCUT2D eigenvalue weighted by Crippen LogP contribution is 2.08. The van der Waals surface area contributed by atoms with Crippen LogP contribution in [0.15, 0.2) is 18.3 Å². The lowest BCUT2D eigenvalue weighted by atomic mass is 10.2. The van der Waals surface area contributed by atoms with Gasteiger partial charge in [0.1, 0.15) is 5.69 Å². The van der Waals surface area contributed by atoms with Crippen LogP contribution in [-0.2, 0) is 4.79 Å². The van der Waals surface area contributed by atoms with Crippen LogP contribution in [0.25, 0.3) is 0 Å². The summed E-state index contributed by atoms with van der Waals surface area (Å²) >= 11 is 0. The molecule has 0 saturated carbocycles.